The SMILES string of the molecule is COc1c(O)cc2oc(-c3ccc(C)c(C)c3)c(O)c(=O)c2c1O. The second kappa shape index (κ2) is 5.49. The molecule has 0 radical (unpaired) electrons. The number of fused-ring (bicyclic) bond motifs is 1. The van der Waals surface area contributed by atoms with Gasteiger partial charge in [-0.3, -0.25) is 4.79 Å². The molecule has 0 bridgehead atoms. The molecule has 6 nitrogen and oxygen atoms in total. The molecule has 0 atom stereocenters. The molecule has 124 valence electrons. The number of benzene rings is 2. The zero-order chi connectivity index (χ0) is 17.6. The van der Waals surface area contributed by atoms with Crippen LogP contribution in [0.5, 0.6) is 23.0 Å². The van der Waals surface area contributed by atoms with E-state index in [1.54, 1.807) is 12.1 Å². The number of hydrogen-bond donors (Lipinski definition) is 3. The molecule has 0 saturated carbocycles. The molecule has 0 amide bonds. The Morgan fingerprint density at radius 2 is 1.71 bits per heavy atom. The summed E-state index contributed by atoms with van der Waals surface area (Å²) in [6.45, 7) is 3.84. The molecule has 3 N–H and O–H groups in total. The van der Waals surface area contributed by atoms with E-state index in [1.165, 1.54) is 13.2 Å². The lowest BCUT2D eigenvalue weighted by Crippen LogP contribution is -2.04. The predicted molar refractivity (Wildman–Crippen MR) is 88.9 cm³/mol. The minimum Gasteiger partial charge on any atom is -0.504 e. The minimum absolute atomic E-state index is 0.0282. The molecule has 2 aromatic carbocycles. The van der Waals surface area contributed by atoms with Crippen LogP contribution in [0.4, 0.5) is 0 Å². The van der Waals surface area contributed by atoms with Gasteiger partial charge in [0.15, 0.2) is 17.3 Å². The molecule has 3 rings (SSSR count). The Morgan fingerprint density at radius 1 is 1.00 bits per heavy atom. The molecule has 0 unspecified atom stereocenters. The fourth-order valence-electron chi connectivity index (χ4n) is 2.57. The first-order chi connectivity index (χ1) is 11.3. The standard InChI is InChI=1S/C18H16O6/c1-8-4-5-10(6-9(8)2)17-16(22)14(20)13-12(24-17)7-11(19)18(23-3)15(13)21/h4-7,19,21-22H,1-3H3. The first-order valence-electron chi connectivity index (χ1n) is 7.21. The third-order valence-corrected chi connectivity index (χ3v) is 4.04. The number of hydrogen-bond acceptors (Lipinski definition) is 6. The van der Waals surface area contributed by atoms with E-state index in [0.717, 1.165) is 11.1 Å². The maximum atomic E-state index is 12.5. The molecule has 1 heterocycles. The molecule has 0 saturated heterocycles. The van der Waals surface area contributed by atoms with Crippen LogP contribution in [-0.2, 0) is 0 Å². The van der Waals surface area contributed by atoms with Crippen molar-refractivity contribution in [2.75, 3.05) is 7.11 Å². The Hall–Kier alpha value is -3.15. The largest absolute Gasteiger partial charge is 0.504 e. The highest BCUT2D eigenvalue weighted by molar-refractivity contribution is 5.91. The van der Waals surface area contributed by atoms with Crippen molar-refractivity contribution in [3.05, 3.63) is 45.6 Å². The average Bonchev–Trinajstić information content (AvgIpc) is 2.53. The molecule has 0 spiro atoms. The number of aromatic hydroxyl groups is 3. The highest BCUT2D eigenvalue weighted by atomic mass is 16.5. The van der Waals surface area contributed by atoms with Gasteiger partial charge in [-0.2, -0.15) is 0 Å². The van der Waals surface area contributed by atoms with Gasteiger partial charge in [0.25, 0.3) is 0 Å². The number of phenolic OH excluding ortho intramolecular Hbond substituents is 2. The van der Waals surface area contributed by atoms with Crippen LogP contribution in [0.2, 0.25) is 0 Å². The topological polar surface area (TPSA) is 100 Å². The molecule has 0 aliphatic heterocycles. The van der Waals surface area contributed by atoms with E-state index in [4.69, 9.17) is 9.15 Å². The smallest absolute Gasteiger partial charge is 0.238 e. The molecule has 3 aromatic rings. The van der Waals surface area contributed by atoms with Crippen molar-refractivity contribution < 1.29 is 24.5 Å². The Kier molecular flexibility index (Phi) is 3.60. The van der Waals surface area contributed by atoms with Crippen molar-refractivity contribution >= 4 is 11.0 Å². The lowest BCUT2D eigenvalue weighted by molar-refractivity contribution is 0.346. The first-order valence-corrected chi connectivity index (χ1v) is 7.21. The van der Waals surface area contributed by atoms with Crippen LogP contribution in [-0.4, -0.2) is 22.4 Å². The van der Waals surface area contributed by atoms with Crippen molar-refractivity contribution in [1.29, 1.82) is 0 Å². The van der Waals surface area contributed by atoms with E-state index in [1.807, 2.05) is 19.9 Å². The summed E-state index contributed by atoms with van der Waals surface area (Å²) in [6, 6.07) is 6.51. The summed E-state index contributed by atoms with van der Waals surface area (Å²) in [6.07, 6.45) is 0. The van der Waals surface area contributed by atoms with Crippen molar-refractivity contribution in [3.8, 4) is 34.3 Å². The van der Waals surface area contributed by atoms with E-state index < -0.39 is 16.9 Å². The Labute approximate surface area is 137 Å². The van der Waals surface area contributed by atoms with Gasteiger partial charge in [0, 0.05) is 11.6 Å². The van der Waals surface area contributed by atoms with Gasteiger partial charge in [-0.25, -0.2) is 0 Å². The Balaban J connectivity index is 2.38. The van der Waals surface area contributed by atoms with Gasteiger partial charge < -0.3 is 24.5 Å². The van der Waals surface area contributed by atoms with Crippen LogP contribution in [0.3, 0.4) is 0 Å². The Bertz CT molecular complexity index is 1020. The second-order valence-electron chi connectivity index (χ2n) is 5.56. The highest BCUT2D eigenvalue weighted by Gasteiger charge is 2.22. The molecule has 0 aliphatic carbocycles. The summed E-state index contributed by atoms with van der Waals surface area (Å²) < 4.78 is 10.5. The van der Waals surface area contributed by atoms with E-state index in [-0.39, 0.29) is 28.2 Å². The Morgan fingerprint density at radius 3 is 2.33 bits per heavy atom. The fraction of sp³-hybridized carbons (Fsp3) is 0.167. The maximum Gasteiger partial charge on any atom is 0.238 e. The zero-order valence-corrected chi connectivity index (χ0v) is 13.4. The molecule has 0 aliphatic rings. The molecule has 0 fully saturated rings. The van der Waals surface area contributed by atoms with Gasteiger partial charge in [-0.05, 0) is 31.0 Å². The van der Waals surface area contributed by atoms with Crippen molar-refractivity contribution in [1.82, 2.24) is 0 Å². The van der Waals surface area contributed by atoms with E-state index in [9.17, 15) is 20.1 Å². The summed E-state index contributed by atoms with van der Waals surface area (Å²) in [4.78, 5) is 12.5. The lowest BCUT2D eigenvalue weighted by Gasteiger charge is -2.11. The fourth-order valence-corrected chi connectivity index (χ4v) is 2.57. The van der Waals surface area contributed by atoms with Crippen LogP contribution in [0, 0.1) is 13.8 Å². The quantitative estimate of drug-likeness (QED) is 0.668. The predicted octanol–water partition coefficient (Wildman–Crippen LogP) is 3.20. The number of aryl methyl sites for hydroxylation is 2. The van der Waals surface area contributed by atoms with Crippen LogP contribution in [0.15, 0.2) is 33.5 Å². The maximum absolute atomic E-state index is 12.5. The van der Waals surface area contributed by atoms with Gasteiger partial charge in [0.1, 0.15) is 11.0 Å². The van der Waals surface area contributed by atoms with Gasteiger partial charge in [-0.1, -0.05) is 12.1 Å². The third kappa shape index (κ3) is 2.23. The third-order valence-electron chi connectivity index (χ3n) is 4.04. The number of ether oxygens (including phenoxy) is 1. The van der Waals surface area contributed by atoms with E-state index in [0.29, 0.717) is 5.56 Å². The van der Waals surface area contributed by atoms with Crippen molar-refractivity contribution in [2.45, 2.75) is 13.8 Å². The molecular weight excluding hydrogens is 312 g/mol. The van der Waals surface area contributed by atoms with Crippen LogP contribution in [0.1, 0.15) is 11.1 Å². The summed E-state index contributed by atoms with van der Waals surface area (Å²) >= 11 is 0. The normalized spacial score (nSPS) is 11.0. The number of phenols is 2. The van der Waals surface area contributed by atoms with E-state index in [2.05, 4.69) is 0 Å². The summed E-state index contributed by atoms with van der Waals surface area (Å²) in [7, 11) is 1.24. The summed E-state index contributed by atoms with van der Waals surface area (Å²) in [5.41, 5.74) is 1.68. The number of rotatable bonds is 2. The summed E-state index contributed by atoms with van der Waals surface area (Å²) in [5, 5.41) is 30.0. The summed E-state index contributed by atoms with van der Waals surface area (Å²) in [5.74, 6) is -1.85. The van der Waals surface area contributed by atoms with E-state index >= 15 is 0 Å². The molecule has 6 heteroatoms. The zero-order valence-electron chi connectivity index (χ0n) is 13.4. The number of methoxy groups -OCH3 is 1. The molecule has 1 aromatic heterocycles. The van der Waals surface area contributed by atoms with Crippen molar-refractivity contribution in [2.24, 2.45) is 0 Å². The van der Waals surface area contributed by atoms with Gasteiger partial charge in [0.2, 0.25) is 16.9 Å². The molecular formula is C18H16O6. The minimum atomic E-state index is -0.805. The van der Waals surface area contributed by atoms with Gasteiger partial charge in [0.05, 0.1) is 7.11 Å². The van der Waals surface area contributed by atoms with Crippen LogP contribution >= 0.6 is 0 Å². The monoisotopic (exact) mass is 328 g/mol. The molecule has 24 heavy (non-hydrogen) atoms. The van der Waals surface area contributed by atoms with Crippen LogP contribution in [0.25, 0.3) is 22.3 Å². The van der Waals surface area contributed by atoms with Crippen molar-refractivity contribution in [3.63, 3.8) is 0 Å². The van der Waals surface area contributed by atoms with Crippen LogP contribution < -0.4 is 10.2 Å². The second-order valence-corrected chi connectivity index (χ2v) is 5.56. The average molecular weight is 328 g/mol. The van der Waals surface area contributed by atoms with Gasteiger partial charge in [-0.15, -0.1) is 0 Å². The lowest BCUT2D eigenvalue weighted by atomic mass is 10.0. The first kappa shape index (κ1) is 15.7. The highest BCUT2D eigenvalue weighted by Crippen LogP contribution is 2.43. The van der Waals surface area contributed by atoms with Gasteiger partial charge >= 0.3 is 0 Å².